The van der Waals surface area contributed by atoms with Crippen LogP contribution in [0.3, 0.4) is 0 Å². The van der Waals surface area contributed by atoms with Crippen LogP contribution in [0.5, 0.6) is 0 Å². The second-order valence-electron chi connectivity index (χ2n) is 4.35. The minimum Gasteiger partial charge on any atom is -0.497 e. The van der Waals surface area contributed by atoms with Crippen LogP contribution in [0.4, 0.5) is 0 Å². The number of hydrogen-bond acceptors (Lipinski definition) is 2. The topological polar surface area (TPSA) is 42.1 Å². The van der Waals surface area contributed by atoms with E-state index in [0.29, 0.717) is 12.0 Å². The van der Waals surface area contributed by atoms with Gasteiger partial charge in [0.2, 0.25) is 0 Å². The molecule has 1 aromatic rings. The van der Waals surface area contributed by atoms with Crippen LogP contribution in [0.15, 0.2) is 60.2 Å². The zero-order chi connectivity index (χ0) is 14.5. The number of hydrogen-bond donors (Lipinski definition) is 1. The summed E-state index contributed by atoms with van der Waals surface area (Å²) in [4.78, 5) is 15.5. The van der Waals surface area contributed by atoms with E-state index in [4.69, 9.17) is 4.74 Å². The van der Waals surface area contributed by atoms with Crippen LogP contribution in [0.2, 0.25) is 0 Å². The molecule has 3 heteroatoms. The monoisotopic (exact) mass is 267 g/mol. The number of fused-ring (bicyclic) bond motifs is 1. The number of nitrogens with one attached hydrogen (secondary N) is 1. The summed E-state index contributed by atoms with van der Waals surface area (Å²) in [5.74, 6) is 0.751. The summed E-state index contributed by atoms with van der Waals surface area (Å²) < 4.78 is 5.20. The number of aromatic nitrogens is 1. The summed E-state index contributed by atoms with van der Waals surface area (Å²) in [6.07, 6.45) is 11.3. The van der Waals surface area contributed by atoms with Crippen molar-refractivity contribution in [2.75, 3.05) is 7.11 Å². The third-order valence-electron chi connectivity index (χ3n) is 3.14. The minimum absolute atomic E-state index is 0.0208. The third kappa shape index (κ3) is 2.72. The molecule has 0 saturated heterocycles. The number of rotatable bonds is 4. The van der Waals surface area contributed by atoms with E-state index in [0.717, 1.165) is 22.7 Å². The molecule has 0 unspecified atom stereocenters. The lowest BCUT2D eigenvalue weighted by Crippen LogP contribution is -2.11. The summed E-state index contributed by atoms with van der Waals surface area (Å²) in [6, 6.07) is 1.58. The van der Waals surface area contributed by atoms with Crippen LogP contribution in [0.1, 0.15) is 17.0 Å². The maximum absolute atomic E-state index is 12.2. The van der Waals surface area contributed by atoms with Gasteiger partial charge < -0.3 is 9.72 Å². The fraction of sp³-hybridized carbons (Fsp3) is 0.118. The van der Waals surface area contributed by atoms with E-state index >= 15 is 0 Å². The zero-order valence-corrected chi connectivity index (χ0v) is 11.5. The minimum atomic E-state index is -0.0208. The third-order valence-corrected chi connectivity index (χ3v) is 3.14. The molecule has 0 aromatic carbocycles. The molecule has 1 aliphatic rings. The van der Waals surface area contributed by atoms with E-state index in [1.807, 2.05) is 12.2 Å². The molecule has 20 heavy (non-hydrogen) atoms. The molecule has 0 atom stereocenters. The first-order chi connectivity index (χ1) is 9.69. The highest BCUT2D eigenvalue weighted by atomic mass is 16.5. The molecule has 1 aromatic heterocycles. The molecule has 0 radical (unpaired) electrons. The van der Waals surface area contributed by atoms with Crippen LogP contribution in [-0.2, 0) is 11.2 Å². The van der Waals surface area contributed by atoms with Gasteiger partial charge in [-0.1, -0.05) is 31.4 Å². The lowest BCUT2D eigenvalue weighted by Gasteiger charge is -2.08. The van der Waals surface area contributed by atoms with E-state index in [2.05, 4.69) is 18.1 Å². The first-order valence-electron chi connectivity index (χ1n) is 6.33. The molecule has 0 amide bonds. The van der Waals surface area contributed by atoms with Gasteiger partial charge in [-0.25, -0.2) is 0 Å². The van der Waals surface area contributed by atoms with Crippen molar-refractivity contribution >= 4 is 11.6 Å². The van der Waals surface area contributed by atoms with E-state index in [1.54, 1.807) is 37.5 Å². The second kappa shape index (κ2) is 6.06. The second-order valence-corrected chi connectivity index (χ2v) is 4.35. The van der Waals surface area contributed by atoms with Crippen molar-refractivity contribution in [3.8, 4) is 0 Å². The fourth-order valence-corrected chi connectivity index (χ4v) is 2.11. The molecule has 0 saturated carbocycles. The van der Waals surface area contributed by atoms with E-state index in [9.17, 15) is 4.79 Å². The highest BCUT2D eigenvalue weighted by Crippen LogP contribution is 2.18. The highest BCUT2D eigenvalue weighted by molar-refractivity contribution is 5.73. The molecule has 2 rings (SSSR count). The molecular formula is C17H17NO2. The molecular weight excluding hydrogens is 250 g/mol. The first kappa shape index (κ1) is 13.9. The number of aromatic amines is 1. The Balaban J connectivity index is 2.55. The Morgan fingerprint density at radius 2 is 2.20 bits per heavy atom. The largest absolute Gasteiger partial charge is 0.497 e. The van der Waals surface area contributed by atoms with Crippen molar-refractivity contribution in [2.24, 2.45) is 0 Å². The lowest BCUT2D eigenvalue weighted by molar-refractivity contribution is 0.306. The van der Waals surface area contributed by atoms with Gasteiger partial charge in [0.05, 0.1) is 7.11 Å². The predicted molar refractivity (Wildman–Crippen MR) is 83.3 cm³/mol. The number of H-pyrrole nitrogens is 1. The maximum Gasteiger partial charge on any atom is 0.189 e. The molecule has 0 spiro atoms. The van der Waals surface area contributed by atoms with Crippen molar-refractivity contribution in [1.82, 2.24) is 4.98 Å². The number of pyridine rings is 1. The smallest absolute Gasteiger partial charge is 0.189 e. The van der Waals surface area contributed by atoms with Gasteiger partial charge in [-0.15, -0.1) is 0 Å². The van der Waals surface area contributed by atoms with Gasteiger partial charge in [0.15, 0.2) is 5.43 Å². The molecule has 102 valence electrons. The Hall–Kier alpha value is -2.55. The number of allylic oxidation sites excluding steroid dienone is 6. The summed E-state index contributed by atoms with van der Waals surface area (Å²) in [7, 11) is 1.61. The number of ether oxygens (including phenoxy) is 1. The fourth-order valence-electron chi connectivity index (χ4n) is 2.11. The zero-order valence-electron chi connectivity index (χ0n) is 11.5. The van der Waals surface area contributed by atoms with Gasteiger partial charge in [-0.2, -0.15) is 0 Å². The standard InChI is InChI=1S/C17H17NO2/c1-4-6-12(5-2)16-11-17(19)14-9-7-13(20-3)8-10-15(14)18-16/h4-9,11H,1-2,10H2,3H3,(H,18,19)/b12-6+. The van der Waals surface area contributed by atoms with Crippen LogP contribution < -0.4 is 5.43 Å². The van der Waals surface area contributed by atoms with Gasteiger partial charge in [0, 0.05) is 29.4 Å². The molecule has 3 nitrogen and oxygen atoms in total. The predicted octanol–water partition coefficient (Wildman–Crippen LogP) is 3.23. The van der Waals surface area contributed by atoms with Crippen molar-refractivity contribution in [3.63, 3.8) is 0 Å². The Bertz CT molecular complexity index is 687. The summed E-state index contributed by atoms with van der Waals surface area (Å²) >= 11 is 0. The highest BCUT2D eigenvalue weighted by Gasteiger charge is 2.11. The Labute approximate surface area is 118 Å². The van der Waals surface area contributed by atoms with Crippen LogP contribution in [-0.4, -0.2) is 12.1 Å². The van der Waals surface area contributed by atoms with Crippen molar-refractivity contribution in [3.05, 3.63) is 82.5 Å². The molecule has 0 fully saturated rings. The van der Waals surface area contributed by atoms with Crippen molar-refractivity contribution in [1.29, 1.82) is 0 Å². The Morgan fingerprint density at radius 1 is 1.40 bits per heavy atom. The van der Waals surface area contributed by atoms with E-state index in [-0.39, 0.29) is 5.43 Å². The molecule has 1 aliphatic carbocycles. The quantitative estimate of drug-likeness (QED) is 0.851. The molecule has 0 aliphatic heterocycles. The summed E-state index contributed by atoms with van der Waals surface area (Å²) in [5, 5.41) is 0. The first-order valence-corrected chi connectivity index (χ1v) is 6.33. The van der Waals surface area contributed by atoms with Crippen molar-refractivity contribution < 1.29 is 4.74 Å². The van der Waals surface area contributed by atoms with Crippen LogP contribution in [0, 0.1) is 0 Å². The molecule has 1 N–H and O–H groups in total. The van der Waals surface area contributed by atoms with Gasteiger partial charge in [0.1, 0.15) is 5.76 Å². The average Bonchev–Trinajstić information content (AvgIpc) is 2.67. The van der Waals surface area contributed by atoms with Gasteiger partial charge in [0.25, 0.3) is 0 Å². The summed E-state index contributed by atoms with van der Waals surface area (Å²) in [5.41, 5.74) is 3.09. The van der Waals surface area contributed by atoms with Crippen LogP contribution in [0.25, 0.3) is 11.6 Å². The van der Waals surface area contributed by atoms with Crippen LogP contribution >= 0.6 is 0 Å². The molecule has 1 heterocycles. The van der Waals surface area contributed by atoms with Gasteiger partial charge in [-0.05, 0) is 23.8 Å². The van der Waals surface area contributed by atoms with E-state index in [1.165, 1.54) is 0 Å². The summed E-state index contributed by atoms with van der Waals surface area (Å²) in [6.45, 7) is 7.42. The Kier molecular flexibility index (Phi) is 4.20. The maximum atomic E-state index is 12.2. The molecule has 0 bridgehead atoms. The van der Waals surface area contributed by atoms with Gasteiger partial charge >= 0.3 is 0 Å². The van der Waals surface area contributed by atoms with Gasteiger partial charge in [-0.3, -0.25) is 4.79 Å². The SMILES string of the molecule is C=C/C=C(\C=C)c1cc(=O)c2c([nH]1)CC=C(OC)C=C2. The number of methoxy groups -OCH3 is 1. The van der Waals surface area contributed by atoms with E-state index < -0.39 is 0 Å². The lowest BCUT2D eigenvalue weighted by atomic mass is 10.1. The Morgan fingerprint density at radius 3 is 2.85 bits per heavy atom. The normalized spacial score (nSPS) is 14.1. The average molecular weight is 267 g/mol. The van der Waals surface area contributed by atoms with Crippen molar-refractivity contribution in [2.45, 2.75) is 6.42 Å².